The van der Waals surface area contributed by atoms with E-state index in [4.69, 9.17) is 0 Å². The third-order valence-corrected chi connectivity index (χ3v) is 5.11. The Bertz CT molecular complexity index is 720. The lowest BCUT2D eigenvalue weighted by molar-refractivity contribution is -0.132. The van der Waals surface area contributed by atoms with E-state index < -0.39 is 0 Å². The van der Waals surface area contributed by atoms with Crippen molar-refractivity contribution in [2.45, 2.75) is 51.5 Å². The van der Waals surface area contributed by atoms with E-state index in [1.54, 1.807) is 4.68 Å². The first kappa shape index (κ1) is 18.5. The van der Waals surface area contributed by atoms with Crippen LogP contribution in [0.15, 0.2) is 36.7 Å². The summed E-state index contributed by atoms with van der Waals surface area (Å²) in [7, 11) is 1.90. The Morgan fingerprint density at radius 3 is 2.73 bits per heavy atom. The SMILES string of the molecule is CC(C)c1ccc(N[C@H]2CCCN(C(=O)CCc3cnn(C)c3)C2)cc1. The molecule has 0 aliphatic carbocycles. The minimum absolute atomic E-state index is 0.246. The van der Waals surface area contributed by atoms with Crippen LogP contribution in [0.4, 0.5) is 5.69 Å². The molecule has 1 N–H and O–H groups in total. The number of likely N-dealkylation sites (tertiary alicyclic amines) is 1. The van der Waals surface area contributed by atoms with Crippen LogP contribution < -0.4 is 5.32 Å². The van der Waals surface area contributed by atoms with Gasteiger partial charge >= 0.3 is 0 Å². The highest BCUT2D eigenvalue weighted by atomic mass is 16.2. The normalized spacial score (nSPS) is 17.5. The monoisotopic (exact) mass is 354 g/mol. The average molecular weight is 354 g/mol. The van der Waals surface area contributed by atoms with Crippen LogP contribution >= 0.6 is 0 Å². The molecule has 1 amide bonds. The number of hydrogen-bond donors (Lipinski definition) is 1. The molecule has 26 heavy (non-hydrogen) atoms. The Labute approximate surface area is 156 Å². The van der Waals surface area contributed by atoms with Crippen LogP contribution in [0.1, 0.15) is 50.2 Å². The standard InChI is InChI=1S/C21H30N4O/c1-16(2)18-7-9-19(10-8-18)23-20-5-4-12-25(15-20)21(26)11-6-17-13-22-24(3)14-17/h7-10,13-14,16,20,23H,4-6,11-12,15H2,1-3H3/t20-/m0/s1. The van der Waals surface area contributed by atoms with Crippen molar-refractivity contribution in [1.29, 1.82) is 0 Å². The molecule has 140 valence electrons. The highest BCUT2D eigenvalue weighted by molar-refractivity contribution is 5.76. The van der Waals surface area contributed by atoms with Gasteiger partial charge in [-0.3, -0.25) is 9.48 Å². The predicted octanol–water partition coefficient (Wildman–Crippen LogP) is 3.58. The lowest BCUT2D eigenvalue weighted by Gasteiger charge is -2.34. The molecule has 5 nitrogen and oxygen atoms in total. The summed E-state index contributed by atoms with van der Waals surface area (Å²) in [6.07, 6.45) is 7.31. The number of aryl methyl sites for hydroxylation is 2. The molecule has 1 aliphatic rings. The smallest absolute Gasteiger partial charge is 0.222 e. The maximum absolute atomic E-state index is 12.6. The van der Waals surface area contributed by atoms with Crippen molar-refractivity contribution in [3.63, 3.8) is 0 Å². The summed E-state index contributed by atoms with van der Waals surface area (Å²) in [5, 5.41) is 7.77. The van der Waals surface area contributed by atoms with E-state index in [1.807, 2.05) is 24.3 Å². The quantitative estimate of drug-likeness (QED) is 0.863. The molecule has 1 saturated heterocycles. The van der Waals surface area contributed by atoms with Gasteiger partial charge in [0.25, 0.3) is 0 Å². The van der Waals surface area contributed by atoms with Gasteiger partial charge in [-0.2, -0.15) is 5.10 Å². The Hall–Kier alpha value is -2.30. The van der Waals surface area contributed by atoms with Crippen molar-refractivity contribution in [2.24, 2.45) is 7.05 Å². The second kappa shape index (κ2) is 8.39. The van der Waals surface area contributed by atoms with E-state index in [1.165, 1.54) is 5.56 Å². The van der Waals surface area contributed by atoms with Crippen molar-refractivity contribution in [2.75, 3.05) is 18.4 Å². The van der Waals surface area contributed by atoms with Gasteiger partial charge < -0.3 is 10.2 Å². The van der Waals surface area contributed by atoms with Crippen molar-refractivity contribution >= 4 is 11.6 Å². The summed E-state index contributed by atoms with van der Waals surface area (Å²) in [5.41, 5.74) is 3.62. The zero-order valence-corrected chi connectivity index (χ0v) is 16.1. The lowest BCUT2D eigenvalue weighted by Crippen LogP contribution is -2.45. The minimum atomic E-state index is 0.246. The first-order chi connectivity index (χ1) is 12.5. The zero-order chi connectivity index (χ0) is 18.5. The highest BCUT2D eigenvalue weighted by Gasteiger charge is 2.23. The Morgan fingerprint density at radius 2 is 2.08 bits per heavy atom. The maximum Gasteiger partial charge on any atom is 0.222 e. The summed E-state index contributed by atoms with van der Waals surface area (Å²) in [4.78, 5) is 14.6. The third-order valence-electron chi connectivity index (χ3n) is 5.11. The summed E-state index contributed by atoms with van der Waals surface area (Å²) in [5.74, 6) is 0.794. The van der Waals surface area contributed by atoms with Crippen LogP contribution in [0.25, 0.3) is 0 Å². The van der Waals surface area contributed by atoms with E-state index in [-0.39, 0.29) is 5.91 Å². The molecule has 0 bridgehead atoms. The number of aromatic nitrogens is 2. The number of piperidine rings is 1. The number of benzene rings is 1. The van der Waals surface area contributed by atoms with Crippen LogP contribution in [-0.4, -0.2) is 39.7 Å². The summed E-state index contributed by atoms with van der Waals surface area (Å²) in [6.45, 7) is 6.07. The Balaban J connectivity index is 1.50. The van der Waals surface area contributed by atoms with Crippen molar-refractivity contribution in [3.8, 4) is 0 Å². The maximum atomic E-state index is 12.6. The first-order valence-electron chi connectivity index (χ1n) is 9.63. The van der Waals surface area contributed by atoms with Gasteiger partial charge in [0.05, 0.1) is 6.20 Å². The second-order valence-electron chi connectivity index (χ2n) is 7.62. The van der Waals surface area contributed by atoms with Gasteiger partial charge in [0.1, 0.15) is 0 Å². The van der Waals surface area contributed by atoms with Crippen LogP contribution in [-0.2, 0) is 18.3 Å². The zero-order valence-electron chi connectivity index (χ0n) is 16.1. The molecule has 1 aromatic carbocycles. The number of carbonyl (C=O) groups excluding carboxylic acids is 1. The van der Waals surface area contributed by atoms with Crippen LogP contribution in [0.3, 0.4) is 0 Å². The largest absolute Gasteiger partial charge is 0.381 e. The van der Waals surface area contributed by atoms with Gasteiger partial charge in [-0.1, -0.05) is 26.0 Å². The van der Waals surface area contributed by atoms with Gasteiger partial charge in [0.2, 0.25) is 5.91 Å². The fraction of sp³-hybridized carbons (Fsp3) is 0.524. The van der Waals surface area contributed by atoms with Gasteiger partial charge in [-0.15, -0.1) is 0 Å². The van der Waals surface area contributed by atoms with Gasteiger partial charge in [0, 0.05) is 44.5 Å². The molecule has 2 heterocycles. The number of nitrogens with one attached hydrogen (secondary N) is 1. The molecule has 0 unspecified atom stereocenters. The molecule has 0 saturated carbocycles. The molecule has 1 fully saturated rings. The molecule has 5 heteroatoms. The topological polar surface area (TPSA) is 50.2 Å². The highest BCUT2D eigenvalue weighted by Crippen LogP contribution is 2.20. The number of amides is 1. The lowest BCUT2D eigenvalue weighted by atomic mass is 10.0. The molecule has 1 atom stereocenters. The molecule has 1 aliphatic heterocycles. The number of hydrogen-bond acceptors (Lipinski definition) is 3. The number of anilines is 1. The van der Waals surface area contributed by atoms with Gasteiger partial charge in [-0.25, -0.2) is 0 Å². The Kier molecular flexibility index (Phi) is 5.96. The fourth-order valence-electron chi connectivity index (χ4n) is 3.53. The van der Waals surface area contributed by atoms with Crippen molar-refractivity contribution in [1.82, 2.24) is 14.7 Å². The number of nitrogens with zero attached hydrogens (tertiary/aromatic N) is 3. The molecule has 1 aromatic heterocycles. The summed E-state index contributed by atoms with van der Waals surface area (Å²) >= 11 is 0. The fourth-order valence-corrected chi connectivity index (χ4v) is 3.53. The van der Waals surface area contributed by atoms with E-state index in [0.29, 0.717) is 18.4 Å². The molecular weight excluding hydrogens is 324 g/mol. The van der Waals surface area contributed by atoms with E-state index in [0.717, 1.165) is 43.6 Å². The molecule has 3 rings (SSSR count). The van der Waals surface area contributed by atoms with Crippen LogP contribution in [0.2, 0.25) is 0 Å². The molecule has 2 aromatic rings. The molecular formula is C21H30N4O. The number of rotatable bonds is 6. The third kappa shape index (κ3) is 4.87. The average Bonchev–Trinajstić information content (AvgIpc) is 3.06. The summed E-state index contributed by atoms with van der Waals surface area (Å²) < 4.78 is 1.78. The summed E-state index contributed by atoms with van der Waals surface area (Å²) in [6, 6.07) is 9.01. The van der Waals surface area contributed by atoms with Gasteiger partial charge in [0.15, 0.2) is 0 Å². The van der Waals surface area contributed by atoms with Crippen molar-refractivity contribution < 1.29 is 4.79 Å². The second-order valence-corrected chi connectivity index (χ2v) is 7.62. The first-order valence-corrected chi connectivity index (χ1v) is 9.63. The van der Waals surface area contributed by atoms with E-state index >= 15 is 0 Å². The van der Waals surface area contributed by atoms with E-state index in [9.17, 15) is 4.79 Å². The van der Waals surface area contributed by atoms with Gasteiger partial charge in [-0.05, 0) is 48.4 Å². The van der Waals surface area contributed by atoms with E-state index in [2.05, 4.69) is 48.5 Å². The Morgan fingerprint density at radius 1 is 1.31 bits per heavy atom. The van der Waals surface area contributed by atoms with Crippen molar-refractivity contribution in [3.05, 3.63) is 47.8 Å². The number of carbonyl (C=O) groups is 1. The van der Waals surface area contributed by atoms with Crippen LogP contribution in [0, 0.1) is 0 Å². The predicted molar refractivity (Wildman–Crippen MR) is 105 cm³/mol. The molecule has 0 spiro atoms. The molecule has 0 radical (unpaired) electrons. The van der Waals surface area contributed by atoms with Crippen LogP contribution in [0.5, 0.6) is 0 Å². The minimum Gasteiger partial charge on any atom is -0.381 e.